The van der Waals surface area contributed by atoms with Gasteiger partial charge in [0, 0.05) is 12.7 Å². The van der Waals surface area contributed by atoms with Crippen LogP contribution in [0.4, 0.5) is 18.9 Å². The van der Waals surface area contributed by atoms with Gasteiger partial charge in [0.05, 0.1) is 11.1 Å². The van der Waals surface area contributed by atoms with Crippen molar-refractivity contribution < 1.29 is 22.7 Å². The lowest BCUT2D eigenvalue weighted by molar-refractivity contribution is -0.142. The highest BCUT2D eigenvalue weighted by molar-refractivity contribution is 9.10. The van der Waals surface area contributed by atoms with E-state index in [1.807, 2.05) is 6.92 Å². The van der Waals surface area contributed by atoms with Gasteiger partial charge in [-0.1, -0.05) is 0 Å². The monoisotopic (exact) mass is 391 g/mol. The summed E-state index contributed by atoms with van der Waals surface area (Å²) in [5.41, 5.74) is -0.928. The molecule has 124 valence electrons. The molecule has 0 unspecified atom stereocenters. The van der Waals surface area contributed by atoms with Crippen LogP contribution in [0.25, 0.3) is 0 Å². The van der Waals surface area contributed by atoms with Crippen LogP contribution in [0, 0.1) is 0 Å². The molecule has 1 N–H and O–H groups in total. The van der Waals surface area contributed by atoms with E-state index in [2.05, 4.69) is 26.3 Å². The number of halogens is 4. The number of nitrogens with one attached hydrogen (secondary N) is 1. The Morgan fingerprint density at radius 2 is 1.96 bits per heavy atom. The van der Waals surface area contributed by atoms with Crippen molar-refractivity contribution >= 4 is 27.5 Å². The normalized spacial score (nSPS) is 11.4. The van der Waals surface area contributed by atoms with Gasteiger partial charge in [0.2, 0.25) is 0 Å². The van der Waals surface area contributed by atoms with E-state index in [1.165, 1.54) is 7.05 Å². The van der Waals surface area contributed by atoms with Gasteiger partial charge in [-0.05, 0) is 47.1 Å². The molecule has 0 bridgehead atoms. The number of anilines is 1. The van der Waals surface area contributed by atoms with Crippen molar-refractivity contribution in [3.63, 3.8) is 0 Å². The topological polar surface area (TPSA) is 56.1 Å². The first-order chi connectivity index (χ1) is 10.7. The van der Waals surface area contributed by atoms with Crippen molar-refractivity contribution in [3.8, 4) is 5.75 Å². The van der Waals surface area contributed by atoms with Gasteiger partial charge in [0.1, 0.15) is 11.4 Å². The SMILES string of the molecule is CCOc1ccc(NC(=O)c2c(Br)c(C(F)(F)F)nn2C)cc1. The second-order valence-corrected chi connectivity index (χ2v) is 5.34. The van der Waals surface area contributed by atoms with E-state index < -0.39 is 22.3 Å². The van der Waals surface area contributed by atoms with Crippen LogP contribution in [0.15, 0.2) is 28.7 Å². The summed E-state index contributed by atoms with van der Waals surface area (Å²) in [5.74, 6) is -0.0712. The fraction of sp³-hybridized carbons (Fsp3) is 0.286. The summed E-state index contributed by atoms with van der Waals surface area (Å²) >= 11 is 2.80. The Hall–Kier alpha value is -2.03. The molecule has 1 aromatic carbocycles. The minimum Gasteiger partial charge on any atom is -0.494 e. The number of hydrogen-bond acceptors (Lipinski definition) is 3. The minimum absolute atomic E-state index is 0.216. The minimum atomic E-state index is -4.64. The standard InChI is InChI=1S/C14H13BrF3N3O2/c1-3-23-9-6-4-8(5-7-9)19-13(22)11-10(15)12(14(16,17)18)20-21(11)2/h4-7H,3H2,1-2H3,(H,19,22). The molecule has 0 atom stereocenters. The number of ether oxygens (including phenoxy) is 1. The maximum Gasteiger partial charge on any atom is 0.436 e. The van der Waals surface area contributed by atoms with Crippen molar-refractivity contribution in [2.75, 3.05) is 11.9 Å². The first kappa shape index (κ1) is 17.3. The quantitative estimate of drug-likeness (QED) is 0.860. The van der Waals surface area contributed by atoms with Crippen LogP contribution in [-0.2, 0) is 13.2 Å². The number of amides is 1. The Bertz CT molecular complexity index is 711. The molecule has 0 aliphatic carbocycles. The predicted molar refractivity (Wildman–Crippen MR) is 81.5 cm³/mol. The summed E-state index contributed by atoms with van der Waals surface area (Å²) in [5, 5.41) is 5.87. The summed E-state index contributed by atoms with van der Waals surface area (Å²) in [7, 11) is 1.27. The third-order valence-electron chi connectivity index (χ3n) is 2.90. The number of carbonyl (C=O) groups is 1. The molecule has 0 spiro atoms. The van der Waals surface area contributed by atoms with Gasteiger partial charge >= 0.3 is 6.18 Å². The number of rotatable bonds is 4. The van der Waals surface area contributed by atoms with Crippen LogP contribution < -0.4 is 10.1 Å². The highest BCUT2D eigenvalue weighted by Gasteiger charge is 2.39. The molecule has 0 radical (unpaired) electrons. The zero-order valence-corrected chi connectivity index (χ0v) is 13.8. The number of benzene rings is 1. The van der Waals surface area contributed by atoms with Crippen LogP contribution in [0.3, 0.4) is 0 Å². The average molecular weight is 392 g/mol. The second kappa shape index (κ2) is 6.61. The Balaban J connectivity index is 2.23. The van der Waals surface area contributed by atoms with Crippen LogP contribution in [0.2, 0.25) is 0 Å². The molecule has 1 amide bonds. The van der Waals surface area contributed by atoms with E-state index in [0.29, 0.717) is 18.0 Å². The fourth-order valence-electron chi connectivity index (χ4n) is 1.92. The Kier molecular flexibility index (Phi) is 4.98. The highest BCUT2D eigenvalue weighted by Crippen LogP contribution is 2.35. The molecular weight excluding hydrogens is 379 g/mol. The molecule has 23 heavy (non-hydrogen) atoms. The number of carbonyl (C=O) groups excluding carboxylic acids is 1. The smallest absolute Gasteiger partial charge is 0.436 e. The summed E-state index contributed by atoms with van der Waals surface area (Å²) < 4.78 is 44.2. The fourth-order valence-corrected chi connectivity index (χ4v) is 2.66. The molecule has 5 nitrogen and oxygen atoms in total. The Morgan fingerprint density at radius 3 is 2.43 bits per heavy atom. The first-order valence-electron chi connectivity index (χ1n) is 6.58. The summed E-state index contributed by atoms with van der Waals surface area (Å²) in [4.78, 5) is 12.2. The number of aryl methyl sites for hydroxylation is 1. The average Bonchev–Trinajstić information content (AvgIpc) is 2.76. The molecular formula is C14H13BrF3N3O2. The lowest BCUT2D eigenvalue weighted by Gasteiger charge is -2.08. The van der Waals surface area contributed by atoms with Crippen LogP contribution in [0.1, 0.15) is 23.1 Å². The zero-order chi connectivity index (χ0) is 17.2. The molecule has 0 fully saturated rings. The van der Waals surface area contributed by atoms with Gasteiger partial charge in [-0.2, -0.15) is 18.3 Å². The number of hydrogen-bond donors (Lipinski definition) is 1. The van der Waals surface area contributed by atoms with Crippen molar-refractivity contribution in [1.29, 1.82) is 0 Å². The van der Waals surface area contributed by atoms with Gasteiger partial charge in [-0.3, -0.25) is 9.48 Å². The van der Waals surface area contributed by atoms with E-state index >= 15 is 0 Å². The van der Waals surface area contributed by atoms with Crippen molar-refractivity contribution in [3.05, 3.63) is 40.1 Å². The molecule has 1 heterocycles. The summed E-state index contributed by atoms with van der Waals surface area (Å²) in [6.45, 7) is 2.35. The molecule has 0 aliphatic heterocycles. The molecule has 9 heteroatoms. The zero-order valence-electron chi connectivity index (χ0n) is 12.2. The van der Waals surface area contributed by atoms with E-state index in [0.717, 1.165) is 4.68 Å². The number of aromatic nitrogens is 2. The third kappa shape index (κ3) is 3.84. The molecule has 0 saturated heterocycles. The maximum atomic E-state index is 12.8. The van der Waals surface area contributed by atoms with Gasteiger partial charge in [0.15, 0.2) is 5.69 Å². The molecule has 2 aromatic rings. The van der Waals surface area contributed by atoms with Crippen molar-refractivity contribution in [2.24, 2.45) is 7.05 Å². The van der Waals surface area contributed by atoms with Crippen LogP contribution in [0.5, 0.6) is 5.75 Å². The molecule has 0 aliphatic rings. The van der Waals surface area contributed by atoms with E-state index in [9.17, 15) is 18.0 Å². The predicted octanol–water partition coefficient (Wildman–Crippen LogP) is 3.85. The summed E-state index contributed by atoms with van der Waals surface area (Å²) in [6.07, 6.45) is -4.64. The van der Waals surface area contributed by atoms with Gasteiger partial charge in [-0.25, -0.2) is 0 Å². The van der Waals surface area contributed by atoms with Gasteiger partial charge in [-0.15, -0.1) is 0 Å². The van der Waals surface area contributed by atoms with Gasteiger partial charge < -0.3 is 10.1 Å². The highest BCUT2D eigenvalue weighted by atomic mass is 79.9. The van der Waals surface area contributed by atoms with Crippen LogP contribution in [-0.4, -0.2) is 22.3 Å². The molecule has 1 aromatic heterocycles. The number of nitrogens with zero attached hydrogens (tertiary/aromatic N) is 2. The largest absolute Gasteiger partial charge is 0.494 e. The lowest BCUT2D eigenvalue weighted by atomic mass is 10.2. The Morgan fingerprint density at radius 1 is 1.35 bits per heavy atom. The van der Waals surface area contributed by atoms with E-state index in [-0.39, 0.29) is 5.69 Å². The van der Waals surface area contributed by atoms with Gasteiger partial charge in [0.25, 0.3) is 5.91 Å². The van der Waals surface area contributed by atoms with Crippen molar-refractivity contribution in [2.45, 2.75) is 13.1 Å². The third-order valence-corrected chi connectivity index (χ3v) is 3.65. The lowest BCUT2D eigenvalue weighted by Crippen LogP contribution is -2.16. The molecule has 2 rings (SSSR count). The van der Waals surface area contributed by atoms with E-state index in [4.69, 9.17) is 4.74 Å². The van der Waals surface area contributed by atoms with E-state index in [1.54, 1.807) is 24.3 Å². The Labute approximate surface area is 138 Å². The molecule has 0 saturated carbocycles. The summed E-state index contributed by atoms with van der Waals surface area (Å²) in [6, 6.07) is 6.49. The van der Waals surface area contributed by atoms with Crippen molar-refractivity contribution in [1.82, 2.24) is 9.78 Å². The first-order valence-corrected chi connectivity index (χ1v) is 7.37. The maximum absolute atomic E-state index is 12.8. The second-order valence-electron chi connectivity index (χ2n) is 4.54. The van der Waals surface area contributed by atoms with Crippen LogP contribution >= 0.6 is 15.9 Å². The number of alkyl halides is 3.